The molecule has 0 heterocycles. The molecule has 0 aromatic carbocycles. The van der Waals surface area contributed by atoms with Crippen LogP contribution in [0.5, 0.6) is 0 Å². The number of halogens is 6. The maximum absolute atomic E-state index is 3.85. The van der Waals surface area contributed by atoms with Gasteiger partial charge in [0.1, 0.15) is 9.70 Å². The molecule has 0 bridgehead atoms. The van der Waals surface area contributed by atoms with Crippen LogP contribution in [0.15, 0.2) is 0 Å². The summed E-state index contributed by atoms with van der Waals surface area (Å²) in [4.78, 5) is 0. The van der Waals surface area contributed by atoms with Crippen LogP contribution < -0.4 is 0 Å². The molecule has 0 aliphatic heterocycles. The minimum Gasteiger partial charge on any atom is -0.412 e. The summed E-state index contributed by atoms with van der Waals surface area (Å²) in [6, 6.07) is 0. The van der Waals surface area contributed by atoms with Crippen LogP contribution in [0.1, 0.15) is 57.8 Å². The first-order valence-corrected chi connectivity index (χ1v) is 11.1. The van der Waals surface area contributed by atoms with E-state index in [1.54, 1.807) is 0 Å². The average molecular weight is 660 g/mol. The predicted octanol–water partition coefficient (Wildman–Crippen LogP) is 7.14. The highest BCUT2D eigenvalue weighted by Gasteiger charge is 2.56. The van der Waals surface area contributed by atoms with Gasteiger partial charge in [-0.2, -0.15) is 0 Å². The zero-order valence-electron chi connectivity index (χ0n) is 10.6. The second-order valence-electron chi connectivity index (χ2n) is 4.96. The number of hydrogen-bond acceptors (Lipinski definition) is 0. The lowest BCUT2D eigenvalue weighted by Crippen LogP contribution is -2.47. The van der Waals surface area contributed by atoms with Gasteiger partial charge in [0.25, 0.3) is 0 Å². The van der Waals surface area contributed by atoms with Gasteiger partial charge >= 0.3 is 0 Å². The van der Waals surface area contributed by atoms with Gasteiger partial charge in [-0.1, -0.05) is 141 Å². The third kappa shape index (κ3) is 6.09. The van der Waals surface area contributed by atoms with Crippen LogP contribution in [0.2, 0.25) is 0 Å². The van der Waals surface area contributed by atoms with Crippen LogP contribution >= 0.6 is 95.6 Å². The average Bonchev–Trinajstić information content (AvgIpc) is 2.25. The van der Waals surface area contributed by atoms with E-state index in [0.29, 0.717) is 0 Å². The molecule has 0 unspecified atom stereocenters. The Morgan fingerprint density at radius 1 is 0.474 bits per heavy atom. The molecule has 1 aliphatic rings. The minimum absolute atomic E-state index is 0. The molecule has 0 amide bonds. The molecule has 19 heavy (non-hydrogen) atoms. The van der Waals surface area contributed by atoms with Crippen molar-refractivity contribution >= 4 is 95.6 Å². The smallest absolute Gasteiger partial charge is 0.130 e. The molecule has 7 heteroatoms. The Morgan fingerprint density at radius 3 is 1.05 bits per heavy atom. The van der Waals surface area contributed by atoms with E-state index in [2.05, 4.69) is 95.6 Å². The molecule has 1 aliphatic carbocycles. The summed E-state index contributed by atoms with van der Waals surface area (Å²) >= 11 is 23.1. The lowest BCUT2D eigenvalue weighted by Gasteiger charge is -2.44. The molecule has 116 valence electrons. The van der Waals surface area contributed by atoms with Gasteiger partial charge in [-0.3, -0.25) is 0 Å². The lowest BCUT2D eigenvalue weighted by atomic mass is 10.0. The quantitative estimate of drug-likeness (QED) is 0.248. The fourth-order valence-corrected chi connectivity index (χ4v) is 6.49. The van der Waals surface area contributed by atoms with Crippen molar-refractivity contribution in [2.75, 3.05) is 0 Å². The molecular formula is C12H20Br6O. The lowest BCUT2D eigenvalue weighted by molar-refractivity contribution is 0.502. The van der Waals surface area contributed by atoms with Gasteiger partial charge in [-0.25, -0.2) is 0 Å². The Labute approximate surface area is 166 Å². The minimum atomic E-state index is -0.292. The van der Waals surface area contributed by atoms with Gasteiger partial charge in [0.15, 0.2) is 0 Å². The van der Waals surface area contributed by atoms with Gasteiger partial charge in [0, 0.05) is 0 Å². The third-order valence-corrected chi connectivity index (χ3v) is 14.3. The van der Waals surface area contributed by atoms with Crippen LogP contribution in [0, 0.1) is 0 Å². The van der Waals surface area contributed by atoms with Gasteiger partial charge in [-0.15, -0.1) is 0 Å². The Bertz CT molecular complexity index is 243. The number of alkyl halides is 6. The molecule has 1 saturated carbocycles. The van der Waals surface area contributed by atoms with Crippen molar-refractivity contribution in [2.24, 2.45) is 0 Å². The fraction of sp³-hybridized carbons (Fsp3) is 1.00. The summed E-state index contributed by atoms with van der Waals surface area (Å²) in [6.45, 7) is 0. The highest BCUT2D eigenvalue weighted by molar-refractivity contribution is 9.33. The van der Waals surface area contributed by atoms with Gasteiger partial charge in [-0.05, 0) is 12.8 Å². The van der Waals surface area contributed by atoms with Crippen LogP contribution in [0.3, 0.4) is 0 Å². The van der Waals surface area contributed by atoms with Gasteiger partial charge < -0.3 is 5.48 Å². The molecule has 0 spiro atoms. The fourth-order valence-electron chi connectivity index (χ4n) is 2.16. The van der Waals surface area contributed by atoms with Crippen LogP contribution in [0.4, 0.5) is 0 Å². The first kappa shape index (κ1) is 21.8. The van der Waals surface area contributed by atoms with Crippen LogP contribution in [-0.2, 0) is 0 Å². The zero-order chi connectivity index (χ0) is 13.9. The standard InChI is InChI=1S/C12H18Br6.H2O/c13-10(14)8-6-4-2-1-3-5-7-9-11(15,16)12(10,17)18;/h1-9H2;1H2. The topological polar surface area (TPSA) is 31.5 Å². The SMILES string of the molecule is BrC1(Br)CCCCCCCCCC(Br)(Br)C1(Br)Br.O. The van der Waals surface area contributed by atoms with Gasteiger partial charge in [0.05, 0.1) is 0 Å². The molecule has 1 fully saturated rings. The summed E-state index contributed by atoms with van der Waals surface area (Å²) in [6.07, 6.45) is 11.3. The maximum atomic E-state index is 3.85. The van der Waals surface area contributed by atoms with E-state index in [4.69, 9.17) is 0 Å². The monoisotopic (exact) mass is 654 g/mol. The van der Waals surface area contributed by atoms with Crippen molar-refractivity contribution in [1.29, 1.82) is 0 Å². The van der Waals surface area contributed by atoms with Crippen molar-refractivity contribution in [3.63, 3.8) is 0 Å². The van der Waals surface area contributed by atoms with Crippen molar-refractivity contribution in [3.8, 4) is 0 Å². The first-order valence-electron chi connectivity index (χ1n) is 6.34. The van der Waals surface area contributed by atoms with E-state index < -0.39 is 0 Å². The van der Waals surface area contributed by atoms with E-state index in [0.717, 1.165) is 12.8 Å². The molecule has 1 rings (SSSR count). The van der Waals surface area contributed by atoms with Crippen molar-refractivity contribution in [1.82, 2.24) is 0 Å². The number of hydrogen-bond donors (Lipinski definition) is 0. The maximum Gasteiger partial charge on any atom is 0.130 e. The zero-order valence-corrected chi connectivity index (χ0v) is 20.1. The van der Waals surface area contributed by atoms with Crippen LogP contribution in [0.25, 0.3) is 0 Å². The summed E-state index contributed by atoms with van der Waals surface area (Å²) in [5, 5.41) is 0. The normalized spacial score (nSPS) is 27.5. The molecule has 2 N–H and O–H groups in total. The van der Waals surface area contributed by atoms with Crippen molar-refractivity contribution < 1.29 is 5.48 Å². The Balaban J connectivity index is 0.00000324. The van der Waals surface area contributed by atoms with E-state index in [9.17, 15) is 0 Å². The second-order valence-corrected chi connectivity index (χ2v) is 15.9. The molecule has 0 atom stereocenters. The summed E-state index contributed by atoms with van der Waals surface area (Å²) < 4.78 is -0.655. The highest BCUT2D eigenvalue weighted by atomic mass is 79.9. The Kier molecular flexibility index (Phi) is 10.6. The first-order chi connectivity index (χ1) is 8.21. The van der Waals surface area contributed by atoms with Gasteiger partial charge in [0.2, 0.25) is 0 Å². The molecule has 0 radical (unpaired) electrons. The summed E-state index contributed by atoms with van der Waals surface area (Å²) in [7, 11) is 0. The molecule has 0 saturated heterocycles. The van der Waals surface area contributed by atoms with Crippen LogP contribution in [-0.4, -0.2) is 15.2 Å². The molecule has 1 nitrogen and oxygen atoms in total. The second kappa shape index (κ2) is 9.21. The molecule has 0 aromatic heterocycles. The van der Waals surface area contributed by atoms with Crippen molar-refractivity contribution in [3.05, 3.63) is 0 Å². The summed E-state index contributed by atoms with van der Waals surface area (Å²) in [5.41, 5.74) is 0. The van der Waals surface area contributed by atoms with E-state index in [1.807, 2.05) is 0 Å². The summed E-state index contributed by atoms with van der Waals surface area (Å²) in [5.74, 6) is 0. The Morgan fingerprint density at radius 2 is 0.737 bits per heavy atom. The number of rotatable bonds is 0. The Hall–Kier alpha value is 2.84. The van der Waals surface area contributed by atoms with E-state index in [1.165, 1.54) is 44.9 Å². The largest absolute Gasteiger partial charge is 0.412 e. The van der Waals surface area contributed by atoms with Crippen molar-refractivity contribution in [2.45, 2.75) is 67.5 Å². The van der Waals surface area contributed by atoms with E-state index >= 15 is 0 Å². The molecular weight excluding hydrogens is 640 g/mol. The predicted molar refractivity (Wildman–Crippen MR) is 107 cm³/mol. The highest BCUT2D eigenvalue weighted by Crippen LogP contribution is 2.63. The molecule has 0 aromatic rings. The van der Waals surface area contributed by atoms with E-state index in [-0.39, 0.29) is 15.2 Å². The third-order valence-electron chi connectivity index (χ3n) is 3.40.